The Balaban J connectivity index is 1.29. The number of pyridine rings is 1. The second-order valence-electron chi connectivity index (χ2n) is 7.94. The number of aryl methyl sites for hydroxylation is 1. The number of rotatable bonds is 7. The van der Waals surface area contributed by atoms with Crippen LogP contribution in [-0.4, -0.2) is 41.1 Å². The van der Waals surface area contributed by atoms with Crippen molar-refractivity contribution >= 4 is 21.6 Å². The third kappa shape index (κ3) is 5.32. The lowest BCUT2D eigenvalue weighted by Gasteiger charge is -2.20. The summed E-state index contributed by atoms with van der Waals surface area (Å²) >= 11 is 0. The van der Waals surface area contributed by atoms with Crippen LogP contribution in [-0.2, 0) is 27.8 Å². The highest BCUT2D eigenvalue weighted by atomic mass is 32.2. The van der Waals surface area contributed by atoms with Crippen molar-refractivity contribution in [2.24, 2.45) is 0 Å². The number of amides is 1. The van der Waals surface area contributed by atoms with Crippen LogP contribution < -0.4 is 5.32 Å². The summed E-state index contributed by atoms with van der Waals surface area (Å²) in [5.74, 6) is -0.0571. The van der Waals surface area contributed by atoms with Crippen molar-refractivity contribution in [2.45, 2.75) is 50.0 Å². The van der Waals surface area contributed by atoms with E-state index in [1.165, 1.54) is 0 Å². The molecule has 3 aromatic rings. The number of benzene rings is 1. The van der Waals surface area contributed by atoms with Gasteiger partial charge in [0.2, 0.25) is 15.9 Å². The fraction of sp³-hybridized carbons (Fsp3) is 0.391. The molecule has 1 aliphatic rings. The maximum absolute atomic E-state index is 12.9. The van der Waals surface area contributed by atoms with Gasteiger partial charge in [0.1, 0.15) is 5.65 Å². The van der Waals surface area contributed by atoms with Gasteiger partial charge in [0.05, 0.1) is 17.1 Å². The molecule has 2 aromatic heterocycles. The SMILES string of the molecule is O=C(CCc1ccc(S(=O)(=O)N2CCCCCC2)cc1)NCc1cn2ccccc2n1. The Bertz CT molecular complexity index is 1100. The van der Waals surface area contributed by atoms with Crippen molar-refractivity contribution < 1.29 is 13.2 Å². The number of nitrogens with zero attached hydrogens (tertiary/aromatic N) is 3. The molecule has 1 saturated heterocycles. The van der Waals surface area contributed by atoms with Crippen LogP contribution in [0, 0.1) is 0 Å². The Morgan fingerprint density at radius 3 is 2.45 bits per heavy atom. The molecule has 0 saturated carbocycles. The molecule has 0 radical (unpaired) electrons. The molecule has 1 aliphatic heterocycles. The second-order valence-corrected chi connectivity index (χ2v) is 9.88. The van der Waals surface area contributed by atoms with Gasteiger partial charge in [-0.25, -0.2) is 13.4 Å². The Kier molecular flexibility index (Phi) is 6.67. The number of hydrogen-bond donors (Lipinski definition) is 1. The number of carbonyl (C=O) groups is 1. The summed E-state index contributed by atoms with van der Waals surface area (Å²) in [6.07, 6.45) is 8.73. The summed E-state index contributed by atoms with van der Waals surface area (Å²) < 4.78 is 29.2. The number of nitrogens with one attached hydrogen (secondary N) is 1. The van der Waals surface area contributed by atoms with Gasteiger partial charge in [-0.05, 0) is 49.1 Å². The summed E-state index contributed by atoms with van der Waals surface area (Å²) in [5, 5.41) is 2.90. The zero-order valence-corrected chi connectivity index (χ0v) is 18.4. The van der Waals surface area contributed by atoms with Gasteiger partial charge >= 0.3 is 0 Å². The Hall–Kier alpha value is -2.71. The van der Waals surface area contributed by atoms with Crippen LogP contribution in [0.25, 0.3) is 5.65 Å². The summed E-state index contributed by atoms with van der Waals surface area (Å²) in [7, 11) is -3.44. The van der Waals surface area contributed by atoms with Gasteiger partial charge in [-0.3, -0.25) is 4.79 Å². The predicted molar refractivity (Wildman–Crippen MR) is 119 cm³/mol. The van der Waals surface area contributed by atoms with E-state index in [0.29, 0.717) is 37.4 Å². The Morgan fingerprint density at radius 2 is 1.74 bits per heavy atom. The molecule has 164 valence electrons. The standard InChI is InChI=1S/C23H28N4O3S/c28-23(24-17-20-18-26-14-6-3-7-22(26)25-20)13-10-19-8-11-21(12-9-19)31(29,30)27-15-4-1-2-5-16-27/h3,6-9,11-12,14,18H,1-2,4-5,10,13,15-17H2,(H,24,28). The number of aromatic nitrogens is 2. The van der Waals surface area contributed by atoms with Crippen LogP contribution in [0.5, 0.6) is 0 Å². The van der Waals surface area contributed by atoms with E-state index in [0.717, 1.165) is 42.6 Å². The number of carbonyl (C=O) groups excluding carboxylic acids is 1. The van der Waals surface area contributed by atoms with Crippen molar-refractivity contribution in [3.8, 4) is 0 Å². The van der Waals surface area contributed by atoms with Crippen LogP contribution in [0.15, 0.2) is 59.8 Å². The largest absolute Gasteiger partial charge is 0.350 e. The van der Waals surface area contributed by atoms with Crippen molar-refractivity contribution in [3.63, 3.8) is 0 Å². The molecule has 1 amide bonds. The highest BCUT2D eigenvalue weighted by Crippen LogP contribution is 2.21. The average Bonchev–Trinajstić information content (AvgIpc) is 2.99. The number of fused-ring (bicyclic) bond motifs is 1. The molecule has 0 spiro atoms. The number of imidazole rings is 1. The van der Waals surface area contributed by atoms with Crippen LogP contribution in [0.3, 0.4) is 0 Å². The minimum Gasteiger partial charge on any atom is -0.350 e. The lowest BCUT2D eigenvalue weighted by Crippen LogP contribution is -2.31. The monoisotopic (exact) mass is 440 g/mol. The Morgan fingerprint density at radius 1 is 1.00 bits per heavy atom. The molecule has 1 N–H and O–H groups in total. The molecule has 0 bridgehead atoms. The fourth-order valence-corrected chi connectivity index (χ4v) is 5.38. The lowest BCUT2D eigenvalue weighted by molar-refractivity contribution is -0.121. The molecule has 1 aromatic carbocycles. The molecule has 4 rings (SSSR count). The second kappa shape index (κ2) is 9.62. The van der Waals surface area contributed by atoms with Crippen molar-refractivity contribution in [1.29, 1.82) is 0 Å². The van der Waals surface area contributed by atoms with Gasteiger partial charge < -0.3 is 9.72 Å². The molecule has 3 heterocycles. The smallest absolute Gasteiger partial charge is 0.243 e. The molecule has 1 fully saturated rings. The molecular weight excluding hydrogens is 412 g/mol. The zero-order chi connectivity index (χ0) is 21.7. The lowest BCUT2D eigenvalue weighted by atomic mass is 10.1. The van der Waals surface area contributed by atoms with E-state index < -0.39 is 10.0 Å². The first kappa shape index (κ1) is 21.5. The van der Waals surface area contributed by atoms with Gasteiger partial charge in [0.15, 0.2) is 0 Å². The Labute approximate surface area is 183 Å². The summed E-state index contributed by atoms with van der Waals surface area (Å²) in [6.45, 7) is 1.57. The van der Waals surface area contributed by atoms with Crippen LogP contribution in [0.1, 0.15) is 43.4 Å². The van der Waals surface area contributed by atoms with E-state index in [4.69, 9.17) is 0 Å². The molecule has 31 heavy (non-hydrogen) atoms. The predicted octanol–water partition coefficient (Wildman–Crippen LogP) is 3.15. The summed E-state index contributed by atoms with van der Waals surface area (Å²) in [5.41, 5.74) is 2.60. The first-order valence-corrected chi connectivity index (χ1v) is 12.2. The first-order valence-electron chi connectivity index (χ1n) is 10.8. The molecule has 8 heteroatoms. The van der Waals surface area contributed by atoms with E-state index in [9.17, 15) is 13.2 Å². The number of sulfonamides is 1. The van der Waals surface area contributed by atoms with Crippen LogP contribution >= 0.6 is 0 Å². The first-order chi connectivity index (χ1) is 15.0. The van der Waals surface area contributed by atoms with E-state index in [1.54, 1.807) is 28.6 Å². The highest BCUT2D eigenvalue weighted by Gasteiger charge is 2.24. The van der Waals surface area contributed by atoms with Gasteiger partial charge in [-0.2, -0.15) is 4.31 Å². The quantitative estimate of drug-likeness (QED) is 0.612. The van der Waals surface area contributed by atoms with Gasteiger partial charge in [-0.1, -0.05) is 31.0 Å². The van der Waals surface area contributed by atoms with E-state index in [1.807, 2.05) is 35.0 Å². The van der Waals surface area contributed by atoms with E-state index >= 15 is 0 Å². The minimum atomic E-state index is -3.44. The van der Waals surface area contributed by atoms with Crippen molar-refractivity contribution in [2.75, 3.05) is 13.1 Å². The fourth-order valence-electron chi connectivity index (χ4n) is 3.87. The van der Waals surface area contributed by atoms with Crippen LogP contribution in [0.4, 0.5) is 0 Å². The minimum absolute atomic E-state index is 0.0571. The van der Waals surface area contributed by atoms with Gasteiger partial charge in [0.25, 0.3) is 0 Å². The molecule has 7 nitrogen and oxygen atoms in total. The van der Waals surface area contributed by atoms with E-state index in [2.05, 4.69) is 10.3 Å². The molecule has 0 unspecified atom stereocenters. The third-order valence-electron chi connectivity index (χ3n) is 5.65. The van der Waals surface area contributed by atoms with Crippen LogP contribution in [0.2, 0.25) is 0 Å². The van der Waals surface area contributed by atoms with Crippen molar-refractivity contribution in [1.82, 2.24) is 19.0 Å². The molecule has 0 aliphatic carbocycles. The molecule has 0 atom stereocenters. The van der Waals surface area contributed by atoms with Gasteiger partial charge in [-0.15, -0.1) is 0 Å². The molecular formula is C23H28N4O3S. The normalized spacial score (nSPS) is 15.6. The topological polar surface area (TPSA) is 83.8 Å². The average molecular weight is 441 g/mol. The summed E-state index contributed by atoms with van der Waals surface area (Å²) in [4.78, 5) is 17.0. The maximum atomic E-state index is 12.9. The zero-order valence-electron chi connectivity index (χ0n) is 17.5. The maximum Gasteiger partial charge on any atom is 0.243 e. The highest BCUT2D eigenvalue weighted by molar-refractivity contribution is 7.89. The summed E-state index contributed by atoms with van der Waals surface area (Å²) in [6, 6.07) is 12.7. The van der Waals surface area contributed by atoms with E-state index in [-0.39, 0.29) is 5.91 Å². The number of hydrogen-bond acceptors (Lipinski definition) is 4. The van der Waals surface area contributed by atoms with Gasteiger partial charge in [0, 0.05) is 31.9 Å². The third-order valence-corrected chi connectivity index (χ3v) is 7.56. The van der Waals surface area contributed by atoms with Crippen molar-refractivity contribution in [3.05, 3.63) is 66.1 Å².